The van der Waals surface area contributed by atoms with E-state index in [9.17, 15) is 24.6 Å². The van der Waals surface area contributed by atoms with Crippen molar-refractivity contribution in [1.82, 2.24) is 10.6 Å². The van der Waals surface area contributed by atoms with Gasteiger partial charge in [0.2, 0.25) is 5.91 Å². The number of alkyl carbamates (subject to hydrolysis) is 1. The lowest BCUT2D eigenvalue weighted by atomic mass is 9.98. The summed E-state index contributed by atoms with van der Waals surface area (Å²) < 4.78 is 5.43. The number of hydrogen-bond donors (Lipinski definition) is 4. The second-order valence-electron chi connectivity index (χ2n) is 8.64. The third kappa shape index (κ3) is 6.10. The Morgan fingerprint density at radius 2 is 1.55 bits per heavy atom. The first kappa shape index (κ1) is 24.3. The molecule has 0 aliphatic heterocycles. The number of hydrogen-bond acceptors (Lipinski definition) is 5. The second kappa shape index (κ2) is 11.0. The zero-order valence-electron chi connectivity index (χ0n) is 18.8. The van der Waals surface area contributed by atoms with Gasteiger partial charge in [-0.2, -0.15) is 0 Å². The van der Waals surface area contributed by atoms with E-state index < -0.39 is 36.5 Å². The summed E-state index contributed by atoms with van der Waals surface area (Å²) in [6.45, 7) is 3.65. The monoisotopic (exact) mass is 454 g/mol. The summed E-state index contributed by atoms with van der Waals surface area (Å²) in [6, 6.07) is 14.0. The first-order valence-corrected chi connectivity index (χ1v) is 11.0. The fraction of sp³-hybridized carbons (Fsp3) is 0.400. The zero-order chi connectivity index (χ0) is 24.0. The summed E-state index contributed by atoms with van der Waals surface area (Å²) in [7, 11) is 0. The van der Waals surface area contributed by atoms with Crippen molar-refractivity contribution in [2.45, 2.75) is 44.7 Å². The van der Waals surface area contributed by atoms with Crippen LogP contribution in [0.5, 0.6) is 0 Å². The summed E-state index contributed by atoms with van der Waals surface area (Å²) >= 11 is 0. The van der Waals surface area contributed by atoms with Crippen molar-refractivity contribution in [3.05, 3.63) is 59.7 Å². The molecule has 0 radical (unpaired) electrons. The molecule has 0 spiro atoms. The molecule has 176 valence electrons. The highest BCUT2D eigenvalue weighted by molar-refractivity contribution is 5.89. The lowest BCUT2D eigenvalue weighted by Crippen LogP contribution is -2.51. The van der Waals surface area contributed by atoms with Crippen molar-refractivity contribution in [2.75, 3.05) is 13.2 Å². The van der Waals surface area contributed by atoms with Crippen molar-refractivity contribution in [3.63, 3.8) is 0 Å². The van der Waals surface area contributed by atoms with Crippen LogP contribution < -0.4 is 10.6 Å². The van der Waals surface area contributed by atoms with Gasteiger partial charge < -0.3 is 25.6 Å². The molecule has 3 rings (SSSR count). The van der Waals surface area contributed by atoms with Crippen molar-refractivity contribution < 1.29 is 29.3 Å². The fourth-order valence-electron chi connectivity index (χ4n) is 4.22. The third-order valence-electron chi connectivity index (χ3n) is 5.65. The first-order valence-electron chi connectivity index (χ1n) is 11.0. The summed E-state index contributed by atoms with van der Waals surface area (Å²) in [6.07, 6.45) is -0.953. The molecule has 2 unspecified atom stereocenters. The molecule has 1 aliphatic carbocycles. The van der Waals surface area contributed by atoms with Crippen LogP contribution in [0.2, 0.25) is 0 Å². The van der Waals surface area contributed by atoms with E-state index >= 15 is 0 Å². The summed E-state index contributed by atoms with van der Waals surface area (Å²) in [5, 5.41) is 23.7. The van der Waals surface area contributed by atoms with E-state index in [1.165, 1.54) is 0 Å². The summed E-state index contributed by atoms with van der Waals surface area (Å²) in [5.41, 5.74) is 4.27. The standard InChI is InChI=1S/C25H30N2O6/c1-15(2)11-16(13-28)26-24(31)22(12-23(29)30)27-25(32)33-14-21-19-9-5-3-7-17(19)18-8-4-6-10-20(18)21/h3-10,15-16,21-22,28H,11-14H2,1-2H3,(H,26,31)(H,27,32)(H,29,30). The Balaban J connectivity index is 1.65. The third-order valence-corrected chi connectivity index (χ3v) is 5.65. The minimum absolute atomic E-state index is 0.0495. The van der Waals surface area contributed by atoms with Crippen LogP contribution in [0.15, 0.2) is 48.5 Å². The number of carbonyl (C=O) groups excluding carboxylic acids is 2. The lowest BCUT2D eigenvalue weighted by molar-refractivity contribution is -0.140. The van der Waals surface area contributed by atoms with Crippen molar-refractivity contribution in [3.8, 4) is 11.1 Å². The van der Waals surface area contributed by atoms with Gasteiger partial charge in [0.1, 0.15) is 12.6 Å². The van der Waals surface area contributed by atoms with E-state index in [-0.39, 0.29) is 25.0 Å². The molecule has 0 bridgehead atoms. The molecular formula is C25H30N2O6. The lowest BCUT2D eigenvalue weighted by Gasteiger charge is -2.23. The quantitative estimate of drug-likeness (QED) is 0.438. The Morgan fingerprint density at radius 3 is 2.06 bits per heavy atom. The van der Waals surface area contributed by atoms with E-state index in [1.54, 1.807) is 0 Å². The minimum Gasteiger partial charge on any atom is -0.481 e. The van der Waals surface area contributed by atoms with Crippen LogP contribution in [0.3, 0.4) is 0 Å². The largest absolute Gasteiger partial charge is 0.481 e. The van der Waals surface area contributed by atoms with Gasteiger partial charge in [0.05, 0.1) is 19.1 Å². The molecule has 8 nitrogen and oxygen atoms in total. The molecule has 2 aromatic carbocycles. The van der Waals surface area contributed by atoms with E-state index in [4.69, 9.17) is 4.74 Å². The van der Waals surface area contributed by atoms with Gasteiger partial charge in [0, 0.05) is 5.92 Å². The van der Waals surface area contributed by atoms with Gasteiger partial charge >= 0.3 is 12.1 Å². The highest BCUT2D eigenvalue weighted by Crippen LogP contribution is 2.44. The second-order valence-corrected chi connectivity index (χ2v) is 8.64. The Morgan fingerprint density at radius 1 is 0.970 bits per heavy atom. The maximum atomic E-state index is 12.6. The van der Waals surface area contributed by atoms with Gasteiger partial charge in [-0.3, -0.25) is 9.59 Å². The molecule has 0 saturated carbocycles. The maximum Gasteiger partial charge on any atom is 0.407 e. The summed E-state index contributed by atoms with van der Waals surface area (Å²) in [4.78, 5) is 36.3. The van der Waals surface area contributed by atoms with E-state index in [1.807, 2.05) is 62.4 Å². The zero-order valence-corrected chi connectivity index (χ0v) is 18.8. The van der Waals surface area contributed by atoms with Crippen molar-refractivity contribution in [1.29, 1.82) is 0 Å². The predicted octanol–water partition coefficient (Wildman–Crippen LogP) is 2.89. The normalized spacial score (nSPS) is 14.2. The molecule has 8 heteroatoms. The van der Waals surface area contributed by atoms with Gasteiger partial charge in [-0.25, -0.2) is 4.79 Å². The Labute approximate surface area is 193 Å². The van der Waals surface area contributed by atoms with Gasteiger partial charge in [-0.1, -0.05) is 62.4 Å². The number of benzene rings is 2. The molecule has 0 fully saturated rings. The van der Waals surface area contributed by atoms with Crippen LogP contribution in [0, 0.1) is 5.92 Å². The van der Waals surface area contributed by atoms with Gasteiger partial charge in [-0.05, 0) is 34.6 Å². The van der Waals surface area contributed by atoms with Crippen LogP contribution in [0.25, 0.3) is 11.1 Å². The number of ether oxygens (including phenoxy) is 1. The van der Waals surface area contributed by atoms with Crippen LogP contribution in [-0.2, 0) is 14.3 Å². The summed E-state index contributed by atoms with van der Waals surface area (Å²) in [5.74, 6) is -1.85. The van der Waals surface area contributed by atoms with Crippen LogP contribution >= 0.6 is 0 Å². The number of carboxylic acid groups (broad SMARTS) is 1. The molecule has 2 amide bonds. The SMILES string of the molecule is CC(C)CC(CO)NC(=O)C(CC(=O)O)NC(=O)OCC1c2ccccc2-c2ccccc21. The van der Waals surface area contributed by atoms with Crippen molar-refractivity contribution in [2.24, 2.45) is 5.92 Å². The molecule has 0 aromatic heterocycles. The first-order chi connectivity index (χ1) is 15.8. The Kier molecular flexibility index (Phi) is 8.06. The van der Waals surface area contributed by atoms with E-state index in [0.717, 1.165) is 22.3 Å². The average molecular weight is 455 g/mol. The van der Waals surface area contributed by atoms with Crippen LogP contribution in [0.4, 0.5) is 4.79 Å². The number of amides is 2. The highest BCUT2D eigenvalue weighted by atomic mass is 16.5. The Bertz CT molecular complexity index is 960. The number of aliphatic hydroxyl groups is 1. The fourth-order valence-corrected chi connectivity index (χ4v) is 4.22. The van der Waals surface area contributed by atoms with Crippen LogP contribution in [0.1, 0.15) is 43.7 Å². The van der Waals surface area contributed by atoms with Crippen molar-refractivity contribution >= 4 is 18.0 Å². The number of rotatable bonds is 10. The smallest absolute Gasteiger partial charge is 0.407 e. The number of carboxylic acids is 1. The average Bonchev–Trinajstić information content (AvgIpc) is 3.10. The van der Waals surface area contributed by atoms with Crippen LogP contribution in [-0.4, -0.2) is 53.5 Å². The van der Waals surface area contributed by atoms with Gasteiger partial charge in [-0.15, -0.1) is 0 Å². The number of nitrogens with one attached hydrogen (secondary N) is 2. The topological polar surface area (TPSA) is 125 Å². The molecule has 2 aromatic rings. The maximum absolute atomic E-state index is 12.6. The van der Waals surface area contributed by atoms with E-state index in [2.05, 4.69) is 10.6 Å². The number of aliphatic hydroxyl groups excluding tert-OH is 1. The Hall–Kier alpha value is -3.39. The number of carbonyl (C=O) groups is 3. The van der Waals surface area contributed by atoms with Gasteiger partial charge in [0.25, 0.3) is 0 Å². The predicted molar refractivity (Wildman–Crippen MR) is 123 cm³/mol. The molecule has 33 heavy (non-hydrogen) atoms. The number of fused-ring (bicyclic) bond motifs is 3. The molecule has 0 heterocycles. The molecule has 4 N–H and O–H groups in total. The number of aliphatic carboxylic acids is 1. The molecule has 2 atom stereocenters. The minimum atomic E-state index is -1.32. The highest BCUT2D eigenvalue weighted by Gasteiger charge is 2.30. The molecule has 0 saturated heterocycles. The molecule has 1 aliphatic rings. The molecular weight excluding hydrogens is 424 g/mol. The van der Waals surface area contributed by atoms with E-state index in [0.29, 0.717) is 6.42 Å². The van der Waals surface area contributed by atoms with Gasteiger partial charge in [0.15, 0.2) is 0 Å².